The van der Waals surface area contributed by atoms with Crippen molar-refractivity contribution in [1.29, 1.82) is 0 Å². The highest BCUT2D eigenvalue weighted by molar-refractivity contribution is 6.21. The third-order valence-corrected chi connectivity index (χ3v) is 7.45. The first-order valence-corrected chi connectivity index (χ1v) is 11.8. The van der Waals surface area contributed by atoms with E-state index in [0.29, 0.717) is 19.3 Å². The fourth-order valence-corrected chi connectivity index (χ4v) is 5.45. The Morgan fingerprint density at radius 3 is 2.69 bits per heavy atom. The number of carbonyl (C=O) groups excluding carboxylic acids is 1. The SMILES string of the molecule is CCCC1(C(O)CC=C[C@@H]2[C@@H](CC=CCCCC(=O)OC)[C@H](Cl)C[C@H]2O)CCC1. The molecule has 0 heterocycles. The first-order valence-electron chi connectivity index (χ1n) is 11.3. The first-order chi connectivity index (χ1) is 13.9. The Balaban J connectivity index is 1.82. The van der Waals surface area contributed by atoms with E-state index in [1.165, 1.54) is 13.5 Å². The van der Waals surface area contributed by atoms with E-state index < -0.39 is 6.10 Å². The molecule has 2 N–H and O–H groups in total. The maximum absolute atomic E-state index is 11.1. The number of aliphatic hydroxyl groups excluding tert-OH is 2. The molecule has 0 aromatic heterocycles. The quantitative estimate of drug-likeness (QED) is 0.196. The lowest BCUT2D eigenvalue weighted by Gasteiger charge is -2.45. The fraction of sp³-hybridized carbons (Fsp3) is 0.792. The third kappa shape index (κ3) is 6.83. The van der Waals surface area contributed by atoms with Crippen LogP contribution in [0.5, 0.6) is 0 Å². The van der Waals surface area contributed by atoms with Crippen LogP contribution in [0.2, 0.25) is 0 Å². The summed E-state index contributed by atoms with van der Waals surface area (Å²) in [4.78, 5) is 11.1. The van der Waals surface area contributed by atoms with E-state index in [4.69, 9.17) is 11.6 Å². The zero-order chi connectivity index (χ0) is 21.3. The first kappa shape index (κ1) is 24.4. The van der Waals surface area contributed by atoms with Gasteiger partial charge in [-0.25, -0.2) is 0 Å². The van der Waals surface area contributed by atoms with Gasteiger partial charge in [0.1, 0.15) is 0 Å². The van der Waals surface area contributed by atoms with Crippen LogP contribution in [0.4, 0.5) is 0 Å². The van der Waals surface area contributed by atoms with E-state index in [-0.39, 0.29) is 34.7 Å². The van der Waals surface area contributed by atoms with Crippen molar-refractivity contribution >= 4 is 17.6 Å². The molecule has 2 fully saturated rings. The second-order valence-electron chi connectivity index (χ2n) is 8.88. The van der Waals surface area contributed by atoms with Crippen molar-refractivity contribution in [3.63, 3.8) is 0 Å². The summed E-state index contributed by atoms with van der Waals surface area (Å²) >= 11 is 6.52. The van der Waals surface area contributed by atoms with Gasteiger partial charge in [0, 0.05) is 17.7 Å². The van der Waals surface area contributed by atoms with Crippen molar-refractivity contribution in [3.8, 4) is 0 Å². The van der Waals surface area contributed by atoms with Gasteiger partial charge in [0.25, 0.3) is 0 Å². The van der Waals surface area contributed by atoms with Crippen LogP contribution in [0.25, 0.3) is 0 Å². The lowest BCUT2D eigenvalue weighted by atomic mass is 9.62. The zero-order valence-electron chi connectivity index (χ0n) is 18.1. The van der Waals surface area contributed by atoms with Crippen molar-refractivity contribution < 1.29 is 19.7 Å². The zero-order valence-corrected chi connectivity index (χ0v) is 18.8. The number of hydrogen-bond acceptors (Lipinski definition) is 4. The third-order valence-electron chi connectivity index (χ3n) is 6.95. The summed E-state index contributed by atoms with van der Waals surface area (Å²) in [6.45, 7) is 2.19. The molecule has 0 saturated heterocycles. The number of rotatable bonds is 12. The van der Waals surface area contributed by atoms with E-state index in [1.807, 2.05) is 0 Å². The van der Waals surface area contributed by atoms with E-state index in [0.717, 1.165) is 44.9 Å². The molecule has 4 nitrogen and oxygen atoms in total. The molecule has 2 rings (SSSR count). The van der Waals surface area contributed by atoms with Crippen molar-refractivity contribution in [1.82, 2.24) is 0 Å². The highest BCUT2D eigenvalue weighted by atomic mass is 35.5. The smallest absolute Gasteiger partial charge is 0.305 e. The van der Waals surface area contributed by atoms with Crippen LogP contribution in [0, 0.1) is 17.3 Å². The number of carbonyl (C=O) groups is 1. The topological polar surface area (TPSA) is 66.8 Å². The van der Waals surface area contributed by atoms with Gasteiger partial charge in [-0.2, -0.15) is 0 Å². The molecule has 0 radical (unpaired) electrons. The van der Waals surface area contributed by atoms with Crippen LogP contribution in [0.3, 0.4) is 0 Å². The number of halogens is 1. The van der Waals surface area contributed by atoms with Crippen LogP contribution >= 0.6 is 11.6 Å². The standard InChI is InChI=1S/C24H39ClO4/c1-3-14-24(15-9-16-24)22(27)12-8-11-19-18(20(25)17-21(19)26)10-6-4-5-7-13-23(28)29-2/h4,6,8,11,18-22,26-27H,3,5,7,9-10,12-17H2,1-2H3/t18-,19-,20-,21-,22?/m1/s1. The van der Waals surface area contributed by atoms with Crippen molar-refractivity contribution in [2.75, 3.05) is 7.11 Å². The molecule has 5 heteroatoms. The van der Waals surface area contributed by atoms with Gasteiger partial charge in [0.2, 0.25) is 0 Å². The molecule has 2 aliphatic carbocycles. The average molecular weight is 427 g/mol. The molecule has 1 unspecified atom stereocenters. The Bertz CT molecular complexity index is 555. The van der Waals surface area contributed by atoms with E-state index in [9.17, 15) is 15.0 Å². The van der Waals surface area contributed by atoms with Gasteiger partial charge in [-0.15, -0.1) is 11.6 Å². The molecule has 29 heavy (non-hydrogen) atoms. The molecule has 0 bridgehead atoms. The monoisotopic (exact) mass is 426 g/mol. The van der Waals surface area contributed by atoms with Crippen LogP contribution in [-0.2, 0) is 9.53 Å². The van der Waals surface area contributed by atoms with E-state index >= 15 is 0 Å². The fourth-order valence-electron chi connectivity index (χ4n) is 5.00. The number of hydrogen-bond donors (Lipinski definition) is 2. The second-order valence-corrected chi connectivity index (χ2v) is 9.44. The largest absolute Gasteiger partial charge is 0.469 e. The van der Waals surface area contributed by atoms with Crippen molar-refractivity contribution in [2.24, 2.45) is 17.3 Å². The minimum Gasteiger partial charge on any atom is -0.469 e. The Hall–Kier alpha value is -0.840. The second kappa shape index (κ2) is 12.1. The predicted molar refractivity (Wildman–Crippen MR) is 118 cm³/mol. The summed E-state index contributed by atoms with van der Waals surface area (Å²) in [6.07, 6.45) is 17.5. The van der Waals surface area contributed by atoms with Gasteiger partial charge >= 0.3 is 5.97 Å². The molecule has 0 spiro atoms. The number of allylic oxidation sites excluding steroid dienone is 2. The van der Waals surface area contributed by atoms with Gasteiger partial charge in [-0.1, -0.05) is 44.1 Å². The number of ether oxygens (including phenoxy) is 1. The van der Waals surface area contributed by atoms with Crippen LogP contribution in [-0.4, -0.2) is 40.9 Å². The summed E-state index contributed by atoms with van der Waals surface area (Å²) < 4.78 is 4.64. The normalized spacial score (nSPS) is 30.0. The lowest BCUT2D eigenvalue weighted by Crippen LogP contribution is -2.41. The summed E-state index contributed by atoms with van der Waals surface area (Å²) in [5.74, 6) is 0.0614. The predicted octanol–water partition coefficient (Wildman–Crippen LogP) is 5.16. The Kier molecular flexibility index (Phi) is 10.2. The molecule has 0 aliphatic heterocycles. The van der Waals surface area contributed by atoms with Gasteiger partial charge in [-0.3, -0.25) is 4.79 Å². The van der Waals surface area contributed by atoms with E-state index in [1.54, 1.807) is 0 Å². The van der Waals surface area contributed by atoms with Crippen LogP contribution in [0.1, 0.15) is 77.6 Å². The number of aliphatic hydroxyl groups is 2. The highest BCUT2D eigenvalue weighted by Gasteiger charge is 2.42. The lowest BCUT2D eigenvalue weighted by molar-refractivity contribution is -0.140. The molecular weight excluding hydrogens is 388 g/mol. The molecule has 5 atom stereocenters. The molecule has 0 aromatic carbocycles. The molecule has 166 valence electrons. The Labute approximate surface area is 181 Å². The van der Waals surface area contributed by atoms with Crippen molar-refractivity contribution in [2.45, 2.75) is 95.1 Å². The van der Waals surface area contributed by atoms with Gasteiger partial charge in [-0.05, 0) is 62.7 Å². The summed E-state index contributed by atoms with van der Waals surface area (Å²) in [7, 11) is 1.41. The maximum Gasteiger partial charge on any atom is 0.305 e. The number of methoxy groups -OCH3 is 1. The molecular formula is C24H39ClO4. The van der Waals surface area contributed by atoms with Crippen molar-refractivity contribution in [3.05, 3.63) is 24.3 Å². The number of alkyl halides is 1. The summed E-state index contributed by atoms with van der Waals surface area (Å²) in [6, 6.07) is 0. The van der Waals surface area contributed by atoms with Gasteiger partial charge in [0.05, 0.1) is 19.3 Å². The number of esters is 1. The summed E-state index contributed by atoms with van der Waals surface area (Å²) in [5.41, 5.74) is 0.120. The molecule has 0 aromatic rings. The summed E-state index contributed by atoms with van der Waals surface area (Å²) in [5, 5.41) is 21.1. The van der Waals surface area contributed by atoms with Gasteiger partial charge < -0.3 is 14.9 Å². The number of unbranched alkanes of at least 4 members (excludes halogenated alkanes) is 1. The Morgan fingerprint density at radius 1 is 1.31 bits per heavy atom. The molecule has 2 aliphatic rings. The van der Waals surface area contributed by atoms with E-state index in [2.05, 4.69) is 36.0 Å². The highest BCUT2D eigenvalue weighted by Crippen LogP contribution is 2.48. The average Bonchev–Trinajstić information content (AvgIpc) is 2.93. The molecule has 2 saturated carbocycles. The molecule has 0 amide bonds. The Morgan fingerprint density at radius 2 is 2.07 bits per heavy atom. The van der Waals surface area contributed by atoms with Crippen LogP contribution in [0.15, 0.2) is 24.3 Å². The minimum atomic E-state index is -0.420. The minimum absolute atomic E-state index is 0.0351. The maximum atomic E-state index is 11.1. The van der Waals surface area contributed by atoms with Crippen LogP contribution < -0.4 is 0 Å². The van der Waals surface area contributed by atoms with Gasteiger partial charge in [0.15, 0.2) is 0 Å².